The van der Waals surface area contributed by atoms with Crippen LogP contribution in [-0.4, -0.2) is 25.6 Å². The molecule has 1 fully saturated rings. The number of nitrogens with one attached hydrogen (secondary N) is 2. The van der Waals surface area contributed by atoms with E-state index in [1.165, 1.54) is 6.42 Å². The Balaban J connectivity index is 0.00000288. The van der Waals surface area contributed by atoms with Crippen LogP contribution >= 0.6 is 12.4 Å². The van der Waals surface area contributed by atoms with E-state index in [4.69, 9.17) is 4.74 Å². The van der Waals surface area contributed by atoms with Gasteiger partial charge in [-0.2, -0.15) is 0 Å². The Hall–Kier alpha value is -1.26. The molecule has 4 nitrogen and oxygen atoms in total. The first-order valence-corrected chi connectivity index (χ1v) is 8.78. The number of rotatable bonds is 8. The maximum absolute atomic E-state index is 12.1. The van der Waals surface area contributed by atoms with Crippen LogP contribution in [0.4, 0.5) is 5.69 Å². The quantitative estimate of drug-likeness (QED) is 0.736. The molecule has 5 heteroatoms. The lowest BCUT2D eigenvalue weighted by Crippen LogP contribution is -2.15. The number of benzene rings is 1. The molecule has 0 radical (unpaired) electrons. The maximum atomic E-state index is 12.1. The van der Waals surface area contributed by atoms with Gasteiger partial charge in [-0.3, -0.25) is 4.79 Å². The average molecular weight is 355 g/mol. The predicted octanol–water partition coefficient (Wildman–Crippen LogP) is 4.17. The van der Waals surface area contributed by atoms with Crippen LogP contribution in [0, 0.1) is 18.8 Å². The molecule has 1 amide bonds. The first-order valence-electron chi connectivity index (χ1n) is 8.78. The average Bonchev–Trinajstić information content (AvgIpc) is 3.01. The fourth-order valence-electron chi connectivity index (χ4n) is 2.76. The Bertz CT molecular complexity index is 514. The van der Waals surface area contributed by atoms with E-state index in [2.05, 4.69) is 24.5 Å². The molecule has 1 atom stereocenters. The van der Waals surface area contributed by atoms with Crippen LogP contribution < -0.4 is 15.4 Å². The number of carbonyl (C=O) groups is 1. The third-order valence-electron chi connectivity index (χ3n) is 4.37. The molecule has 1 unspecified atom stereocenters. The van der Waals surface area contributed by atoms with Gasteiger partial charge in [0.2, 0.25) is 5.91 Å². The summed E-state index contributed by atoms with van der Waals surface area (Å²) in [7, 11) is 0. The minimum absolute atomic E-state index is 0. The molecule has 1 saturated heterocycles. The summed E-state index contributed by atoms with van der Waals surface area (Å²) >= 11 is 0. The van der Waals surface area contributed by atoms with Gasteiger partial charge in [0.1, 0.15) is 5.75 Å². The van der Waals surface area contributed by atoms with Crippen molar-refractivity contribution in [3.8, 4) is 5.75 Å². The van der Waals surface area contributed by atoms with E-state index in [1.807, 2.05) is 25.1 Å². The van der Waals surface area contributed by atoms with Gasteiger partial charge in [0, 0.05) is 18.2 Å². The zero-order chi connectivity index (χ0) is 16.7. The van der Waals surface area contributed by atoms with Gasteiger partial charge < -0.3 is 15.4 Å². The second kappa shape index (κ2) is 10.6. The van der Waals surface area contributed by atoms with Crippen molar-refractivity contribution in [1.82, 2.24) is 5.32 Å². The van der Waals surface area contributed by atoms with Crippen LogP contribution in [-0.2, 0) is 4.79 Å². The minimum Gasteiger partial charge on any atom is -0.493 e. The second-order valence-corrected chi connectivity index (χ2v) is 6.96. The van der Waals surface area contributed by atoms with Gasteiger partial charge in [-0.05, 0) is 62.7 Å². The number of aryl methyl sites for hydroxylation is 1. The van der Waals surface area contributed by atoms with Gasteiger partial charge in [0.15, 0.2) is 0 Å². The van der Waals surface area contributed by atoms with Gasteiger partial charge in [0.25, 0.3) is 0 Å². The summed E-state index contributed by atoms with van der Waals surface area (Å²) in [6.45, 7) is 9.25. The second-order valence-electron chi connectivity index (χ2n) is 6.96. The standard InChI is InChI=1S/C19H30N2O2.ClH/c1-14(2)9-11-23-18-12-17(6-4-15(18)3)21-19(22)7-5-16-8-10-20-13-16;/h4,6,12,14,16,20H,5,7-11,13H2,1-3H3,(H,21,22);1H. The fraction of sp³-hybridized carbons (Fsp3) is 0.632. The molecule has 1 aliphatic heterocycles. The van der Waals surface area contributed by atoms with Crippen LogP contribution in [0.25, 0.3) is 0 Å². The maximum Gasteiger partial charge on any atom is 0.224 e. The summed E-state index contributed by atoms with van der Waals surface area (Å²) in [5, 5.41) is 6.33. The summed E-state index contributed by atoms with van der Waals surface area (Å²) < 4.78 is 5.85. The van der Waals surface area contributed by atoms with Gasteiger partial charge in [-0.15, -0.1) is 12.4 Å². The highest BCUT2D eigenvalue weighted by molar-refractivity contribution is 5.90. The normalized spacial score (nSPS) is 16.8. The van der Waals surface area contributed by atoms with Gasteiger partial charge in [-0.1, -0.05) is 19.9 Å². The van der Waals surface area contributed by atoms with E-state index in [0.29, 0.717) is 24.9 Å². The van der Waals surface area contributed by atoms with Crippen molar-refractivity contribution >= 4 is 24.0 Å². The Labute approximate surface area is 152 Å². The van der Waals surface area contributed by atoms with Gasteiger partial charge in [-0.25, -0.2) is 0 Å². The summed E-state index contributed by atoms with van der Waals surface area (Å²) in [4.78, 5) is 12.1. The number of halogens is 1. The highest BCUT2D eigenvalue weighted by Crippen LogP contribution is 2.24. The minimum atomic E-state index is 0. The molecular formula is C19H31ClN2O2. The van der Waals surface area contributed by atoms with Crippen molar-refractivity contribution < 1.29 is 9.53 Å². The van der Waals surface area contributed by atoms with E-state index in [1.54, 1.807) is 0 Å². The van der Waals surface area contributed by atoms with E-state index < -0.39 is 0 Å². The summed E-state index contributed by atoms with van der Waals surface area (Å²) in [5.41, 5.74) is 1.92. The number of hydrogen-bond donors (Lipinski definition) is 2. The fourth-order valence-corrected chi connectivity index (χ4v) is 2.76. The monoisotopic (exact) mass is 354 g/mol. The SMILES string of the molecule is Cc1ccc(NC(=O)CCC2CCNC2)cc1OCCC(C)C.Cl. The number of amides is 1. The number of anilines is 1. The molecule has 1 aliphatic rings. The van der Waals surface area contributed by atoms with Crippen molar-refractivity contribution in [2.75, 3.05) is 25.0 Å². The van der Waals surface area contributed by atoms with Crippen molar-refractivity contribution in [1.29, 1.82) is 0 Å². The van der Waals surface area contributed by atoms with Crippen molar-refractivity contribution in [3.63, 3.8) is 0 Å². The molecule has 0 aliphatic carbocycles. The molecule has 0 saturated carbocycles. The molecule has 2 N–H and O–H groups in total. The summed E-state index contributed by atoms with van der Waals surface area (Å²) in [5.74, 6) is 2.23. The topological polar surface area (TPSA) is 50.4 Å². The van der Waals surface area contributed by atoms with Crippen LogP contribution in [0.5, 0.6) is 5.75 Å². The van der Waals surface area contributed by atoms with Crippen molar-refractivity contribution in [3.05, 3.63) is 23.8 Å². The lowest BCUT2D eigenvalue weighted by atomic mass is 10.0. The zero-order valence-electron chi connectivity index (χ0n) is 15.1. The summed E-state index contributed by atoms with van der Waals surface area (Å²) in [6.07, 6.45) is 3.77. The summed E-state index contributed by atoms with van der Waals surface area (Å²) in [6, 6.07) is 5.88. The van der Waals surface area contributed by atoms with Crippen molar-refractivity contribution in [2.24, 2.45) is 11.8 Å². The van der Waals surface area contributed by atoms with Crippen molar-refractivity contribution in [2.45, 2.75) is 46.5 Å². The lowest BCUT2D eigenvalue weighted by molar-refractivity contribution is -0.116. The Kier molecular flexibility index (Phi) is 9.16. The van der Waals surface area contributed by atoms with E-state index in [0.717, 1.165) is 42.9 Å². The molecule has 136 valence electrons. The third kappa shape index (κ3) is 7.10. The first kappa shape index (κ1) is 20.8. The molecule has 2 rings (SSSR count). The number of ether oxygens (including phenoxy) is 1. The van der Waals surface area contributed by atoms with E-state index in [9.17, 15) is 4.79 Å². The highest BCUT2D eigenvalue weighted by Gasteiger charge is 2.15. The molecular weight excluding hydrogens is 324 g/mol. The Morgan fingerprint density at radius 2 is 2.21 bits per heavy atom. The molecule has 0 bridgehead atoms. The zero-order valence-corrected chi connectivity index (χ0v) is 15.9. The molecule has 1 aromatic carbocycles. The molecule has 0 aromatic heterocycles. The molecule has 0 spiro atoms. The number of carbonyl (C=O) groups excluding carboxylic acids is 1. The highest BCUT2D eigenvalue weighted by atomic mass is 35.5. The Morgan fingerprint density at radius 1 is 1.42 bits per heavy atom. The van der Waals surface area contributed by atoms with Crippen LogP contribution in [0.15, 0.2) is 18.2 Å². The molecule has 1 heterocycles. The molecule has 1 aromatic rings. The predicted molar refractivity (Wildman–Crippen MR) is 102 cm³/mol. The lowest BCUT2D eigenvalue weighted by Gasteiger charge is -2.13. The largest absolute Gasteiger partial charge is 0.493 e. The van der Waals surface area contributed by atoms with Gasteiger partial charge in [0.05, 0.1) is 6.61 Å². The van der Waals surface area contributed by atoms with E-state index >= 15 is 0 Å². The van der Waals surface area contributed by atoms with Crippen LogP contribution in [0.2, 0.25) is 0 Å². The van der Waals surface area contributed by atoms with Crippen LogP contribution in [0.1, 0.15) is 45.1 Å². The molecule has 24 heavy (non-hydrogen) atoms. The third-order valence-corrected chi connectivity index (χ3v) is 4.37. The first-order chi connectivity index (χ1) is 11.0. The smallest absolute Gasteiger partial charge is 0.224 e. The van der Waals surface area contributed by atoms with E-state index in [-0.39, 0.29) is 18.3 Å². The Morgan fingerprint density at radius 3 is 2.88 bits per heavy atom. The number of hydrogen-bond acceptors (Lipinski definition) is 3. The van der Waals surface area contributed by atoms with Gasteiger partial charge >= 0.3 is 0 Å². The van der Waals surface area contributed by atoms with Crippen LogP contribution in [0.3, 0.4) is 0 Å².